The van der Waals surface area contributed by atoms with Crippen LogP contribution in [-0.4, -0.2) is 24.1 Å². The van der Waals surface area contributed by atoms with Gasteiger partial charge >= 0.3 is 5.69 Å². The molecule has 0 fully saturated rings. The Bertz CT molecular complexity index is 304. The molecule has 70 valence electrons. The van der Waals surface area contributed by atoms with Crippen molar-refractivity contribution in [2.24, 2.45) is 0 Å². The molecule has 0 unspecified atom stereocenters. The highest BCUT2D eigenvalue weighted by atomic mass is 16.6. The predicted molar refractivity (Wildman–Crippen MR) is 44.0 cm³/mol. The van der Waals surface area contributed by atoms with Gasteiger partial charge in [0.2, 0.25) is 11.5 Å². The first-order chi connectivity index (χ1) is 6.20. The van der Waals surface area contributed by atoms with Crippen molar-refractivity contribution in [3.05, 3.63) is 22.5 Å². The SMILES string of the molecule is COc1cncc(OC)c1[N+](=O)[O-]. The Hall–Kier alpha value is -1.85. The molecule has 1 rings (SSSR count). The molecule has 0 N–H and O–H groups in total. The molecule has 0 aliphatic rings. The lowest BCUT2D eigenvalue weighted by molar-refractivity contribution is -0.386. The maximum atomic E-state index is 10.6. The van der Waals surface area contributed by atoms with Crippen LogP contribution in [0.25, 0.3) is 0 Å². The highest BCUT2D eigenvalue weighted by Gasteiger charge is 2.21. The van der Waals surface area contributed by atoms with Crippen LogP contribution >= 0.6 is 0 Å². The Kier molecular flexibility index (Phi) is 2.63. The van der Waals surface area contributed by atoms with Crippen molar-refractivity contribution in [2.45, 2.75) is 0 Å². The molecule has 1 aromatic rings. The topological polar surface area (TPSA) is 74.5 Å². The second-order valence-corrected chi connectivity index (χ2v) is 2.15. The van der Waals surface area contributed by atoms with E-state index in [-0.39, 0.29) is 17.2 Å². The Morgan fingerprint density at radius 1 is 1.31 bits per heavy atom. The molecular weight excluding hydrogens is 176 g/mol. The van der Waals surface area contributed by atoms with E-state index in [1.165, 1.54) is 26.6 Å². The van der Waals surface area contributed by atoms with Gasteiger partial charge in [0.05, 0.1) is 31.5 Å². The summed E-state index contributed by atoms with van der Waals surface area (Å²) in [5.41, 5.74) is -0.208. The Morgan fingerprint density at radius 2 is 1.77 bits per heavy atom. The van der Waals surface area contributed by atoms with Crippen LogP contribution in [0, 0.1) is 10.1 Å². The van der Waals surface area contributed by atoms with Gasteiger partial charge in [-0.2, -0.15) is 0 Å². The molecular formula is C7H8N2O4. The van der Waals surface area contributed by atoms with Gasteiger partial charge in [0.1, 0.15) is 0 Å². The van der Waals surface area contributed by atoms with Crippen molar-refractivity contribution in [2.75, 3.05) is 14.2 Å². The average Bonchev–Trinajstić information content (AvgIpc) is 2.16. The Morgan fingerprint density at radius 3 is 2.08 bits per heavy atom. The molecule has 0 aliphatic heterocycles. The molecule has 0 amide bonds. The number of aromatic nitrogens is 1. The Balaban J connectivity index is 3.29. The van der Waals surface area contributed by atoms with Crippen LogP contribution in [0.2, 0.25) is 0 Å². The van der Waals surface area contributed by atoms with Gasteiger partial charge in [0.15, 0.2) is 0 Å². The maximum absolute atomic E-state index is 10.6. The second-order valence-electron chi connectivity index (χ2n) is 2.15. The van der Waals surface area contributed by atoms with E-state index >= 15 is 0 Å². The van der Waals surface area contributed by atoms with E-state index in [0.29, 0.717) is 0 Å². The van der Waals surface area contributed by atoms with Crippen molar-refractivity contribution in [3.8, 4) is 11.5 Å². The van der Waals surface area contributed by atoms with Crippen LogP contribution in [0.15, 0.2) is 12.4 Å². The summed E-state index contributed by atoms with van der Waals surface area (Å²) < 4.78 is 9.53. The maximum Gasteiger partial charge on any atom is 0.355 e. The molecule has 0 spiro atoms. The van der Waals surface area contributed by atoms with Crippen molar-refractivity contribution in [3.63, 3.8) is 0 Å². The van der Waals surface area contributed by atoms with E-state index in [1.54, 1.807) is 0 Å². The summed E-state index contributed by atoms with van der Waals surface area (Å²) in [6, 6.07) is 0. The monoisotopic (exact) mass is 184 g/mol. The normalized spacial score (nSPS) is 9.38. The van der Waals surface area contributed by atoms with E-state index in [1.807, 2.05) is 0 Å². The van der Waals surface area contributed by atoms with Gasteiger partial charge in [0.25, 0.3) is 0 Å². The number of nitro groups is 1. The zero-order chi connectivity index (χ0) is 9.84. The standard InChI is InChI=1S/C7H8N2O4/c1-12-5-3-8-4-6(13-2)7(5)9(10)11/h3-4H,1-2H3. The van der Waals surface area contributed by atoms with Crippen molar-refractivity contribution in [1.82, 2.24) is 4.98 Å². The molecule has 1 heterocycles. The molecule has 0 radical (unpaired) electrons. The predicted octanol–water partition coefficient (Wildman–Crippen LogP) is 1.01. The largest absolute Gasteiger partial charge is 0.489 e. The third-order valence-corrected chi connectivity index (χ3v) is 1.47. The number of pyridine rings is 1. The Labute approximate surface area is 74.3 Å². The lowest BCUT2D eigenvalue weighted by Crippen LogP contribution is -1.98. The van der Waals surface area contributed by atoms with Crippen LogP contribution in [0.4, 0.5) is 5.69 Å². The number of hydrogen-bond acceptors (Lipinski definition) is 5. The second kappa shape index (κ2) is 3.70. The fraction of sp³-hybridized carbons (Fsp3) is 0.286. The van der Waals surface area contributed by atoms with Gasteiger partial charge in [0, 0.05) is 0 Å². The first-order valence-electron chi connectivity index (χ1n) is 3.41. The average molecular weight is 184 g/mol. The first-order valence-corrected chi connectivity index (χ1v) is 3.41. The van der Waals surface area contributed by atoms with Crippen molar-refractivity contribution < 1.29 is 14.4 Å². The van der Waals surface area contributed by atoms with Crippen LogP contribution in [0.1, 0.15) is 0 Å². The highest BCUT2D eigenvalue weighted by Crippen LogP contribution is 2.34. The number of nitrogens with zero attached hydrogens (tertiary/aromatic N) is 2. The lowest BCUT2D eigenvalue weighted by atomic mass is 10.3. The van der Waals surface area contributed by atoms with Crippen molar-refractivity contribution >= 4 is 5.69 Å². The van der Waals surface area contributed by atoms with Gasteiger partial charge < -0.3 is 9.47 Å². The number of methoxy groups -OCH3 is 2. The smallest absolute Gasteiger partial charge is 0.355 e. The van der Waals surface area contributed by atoms with Gasteiger partial charge in [-0.25, -0.2) is 0 Å². The van der Waals surface area contributed by atoms with E-state index < -0.39 is 4.92 Å². The van der Waals surface area contributed by atoms with E-state index in [2.05, 4.69) is 4.98 Å². The minimum Gasteiger partial charge on any atom is -0.489 e. The molecule has 6 heteroatoms. The summed E-state index contributed by atoms with van der Waals surface area (Å²) in [6.07, 6.45) is 2.53. The van der Waals surface area contributed by atoms with E-state index in [4.69, 9.17) is 9.47 Å². The number of rotatable bonds is 3. The number of hydrogen-bond donors (Lipinski definition) is 0. The van der Waals surface area contributed by atoms with Gasteiger partial charge in [-0.1, -0.05) is 0 Å². The molecule has 0 aromatic carbocycles. The van der Waals surface area contributed by atoms with Crippen LogP contribution in [0.3, 0.4) is 0 Å². The minimum atomic E-state index is -0.570. The molecule has 0 saturated carbocycles. The summed E-state index contributed by atoms with van der Waals surface area (Å²) in [6.45, 7) is 0. The van der Waals surface area contributed by atoms with Crippen LogP contribution in [0.5, 0.6) is 11.5 Å². The van der Waals surface area contributed by atoms with Gasteiger partial charge in [-0.05, 0) is 0 Å². The van der Waals surface area contributed by atoms with Crippen LogP contribution < -0.4 is 9.47 Å². The summed E-state index contributed by atoms with van der Waals surface area (Å²) in [5.74, 6) is 0.175. The van der Waals surface area contributed by atoms with Gasteiger partial charge in [-0.15, -0.1) is 0 Å². The molecule has 0 bridgehead atoms. The fourth-order valence-corrected chi connectivity index (χ4v) is 0.895. The molecule has 1 aromatic heterocycles. The minimum absolute atomic E-state index is 0.0874. The molecule has 6 nitrogen and oxygen atoms in total. The molecule has 0 atom stereocenters. The number of ether oxygens (including phenoxy) is 2. The van der Waals surface area contributed by atoms with Crippen LogP contribution in [-0.2, 0) is 0 Å². The quantitative estimate of drug-likeness (QED) is 0.517. The summed E-state index contributed by atoms with van der Waals surface area (Å²) in [7, 11) is 2.67. The van der Waals surface area contributed by atoms with E-state index in [0.717, 1.165) is 0 Å². The first kappa shape index (κ1) is 9.24. The zero-order valence-corrected chi connectivity index (χ0v) is 7.18. The lowest BCUT2D eigenvalue weighted by Gasteiger charge is -2.03. The fourth-order valence-electron chi connectivity index (χ4n) is 0.895. The highest BCUT2D eigenvalue weighted by molar-refractivity contribution is 5.54. The summed E-state index contributed by atoms with van der Waals surface area (Å²) in [5, 5.41) is 10.6. The summed E-state index contributed by atoms with van der Waals surface area (Å²) in [4.78, 5) is 13.7. The van der Waals surface area contributed by atoms with Gasteiger partial charge in [-0.3, -0.25) is 15.1 Å². The third kappa shape index (κ3) is 1.66. The third-order valence-electron chi connectivity index (χ3n) is 1.47. The summed E-state index contributed by atoms with van der Waals surface area (Å²) >= 11 is 0. The van der Waals surface area contributed by atoms with Crippen molar-refractivity contribution in [1.29, 1.82) is 0 Å². The zero-order valence-electron chi connectivity index (χ0n) is 7.18. The van der Waals surface area contributed by atoms with E-state index in [9.17, 15) is 10.1 Å². The molecule has 13 heavy (non-hydrogen) atoms. The molecule has 0 aliphatic carbocycles. The molecule has 0 saturated heterocycles.